The molecule has 3 rings (SSSR count). The first-order chi connectivity index (χ1) is 9.24. The fourth-order valence-electron chi connectivity index (χ4n) is 2.17. The standard InChI is InChI=1S/C12H16N4O3/c1-8-11(9(2)18-14-8)12-13-10(15-19-12)7-16-3-5-17-6-4-16/h3-7H2,1-2H3. The number of hydrogen-bond donors (Lipinski definition) is 0. The molecule has 0 saturated carbocycles. The van der Waals surface area contributed by atoms with E-state index in [0.29, 0.717) is 24.0 Å². The minimum absolute atomic E-state index is 0.472. The predicted octanol–water partition coefficient (Wildman–Crippen LogP) is 1.17. The predicted molar refractivity (Wildman–Crippen MR) is 65.4 cm³/mol. The van der Waals surface area contributed by atoms with E-state index in [0.717, 1.165) is 37.6 Å². The van der Waals surface area contributed by atoms with Crippen LogP contribution in [0.15, 0.2) is 9.05 Å². The van der Waals surface area contributed by atoms with Crippen molar-refractivity contribution in [2.45, 2.75) is 20.4 Å². The molecule has 0 unspecified atom stereocenters. The topological polar surface area (TPSA) is 77.4 Å². The highest BCUT2D eigenvalue weighted by atomic mass is 16.5. The minimum Gasteiger partial charge on any atom is -0.379 e. The summed E-state index contributed by atoms with van der Waals surface area (Å²) in [6.07, 6.45) is 0. The van der Waals surface area contributed by atoms with Gasteiger partial charge in [0.1, 0.15) is 11.3 Å². The van der Waals surface area contributed by atoms with Gasteiger partial charge in [-0.1, -0.05) is 10.3 Å². The summed E-state index contributed by atoms with van der Waals surface area (Å²) >= 11 is 0. The van der Waals surface area contributed by atoms with Crippen LogP contribution in [-0.4, -0.2) is 46.5 Å². The summed E-state index contributed by atoms with van der Waals surface area (Å²) in [5.74, 6) is 1.84. The molecular formula is C12H16N4O3. The summed E-state index contributed by atoms with van der Waals surface area (Å²) in [5, 5.41) is 7.90. The fourth-order valence-corrected chi connectivity index (χ4v) is 2.17. The van der Waals surface area contributed by atoms with Crippen LogP contribution in [0, 0.1) is 13.8 Å². The number of rotatable bonds is 3. The fraction of sp³-hybridized carbons (Fsp3) is 0.583. The third-order valence-corrected chi connectivity index (χ3v) is 3.18. The van der Waals surface area contributed by atoms with Crippen LogP contribution < -0.4 is 0 Å². The van der Waals surface area contributed by atoms with Crippen molar-refractivity contribution >= 4 is 0 Å². The van der Waals surface area contributed by atoms with Gasteiger partial charge >= 0.3 is 0 Å². The van der Waals surface area contributed by atoms with E-state index >= 15 is 0 Å². The molecular weight excluding hydrogens is 248 g/mol. The molecule has 0 aliphatic carbocycles. The zero-order valence-electron chi connectivity index (χ0n) is 11.0. The summed E-state index contributed by atoms with van der Waals surface area (Å²) in [5.41, 5.74) is 1.56. The summed E-state index contributed by atoms with van der Waals surface area (Å²) in [6, 6.07) is 0. The van der Waals surface area contributed by atoms with Crippen molar-refractivity contribution in [3.63, 3.8) is 0 Å². The summed E-state index contributed by atoms with van der Waals surface area (Å²) in [7, 11) is 0. The Labute approximate surface area is 110 Å². The second-order valence-electron chi connectivity index (χ2n) is 4.60. The van der Waals surface area contributed by atoms with Crippen molar-refractivity contribution in [2.24, 2.45) is 0 Å². The maximum atomic E-state index is 5.31. The Morgan fingerprint density at radius 2 is 1.89 bits per heavy atom. The van der Waals surface area contributed by atoms with Crippen molar-refractivity contribution in [1.29, 1.82) is 0 Å². The van der Waals surface area contributed by atoms with E-state index < -0.39 is 0 Å². The molecule has 0 spiro atoms. The number of aryl methyl sites for hydroxylation is 2. The van der Waals surface area contributed by atoms with Gasteiger partial charge in [0.15, 0.2) is 5.82 Å². The lowest BCUT2D eigenvalue weighted by Gasteiger charge is -2.24. The van der Waals surface area contributed by atoms with Crippen LogP contribution in [0.1, 0.15) is 17.3 Å². The third kappa shape index (κ3) is 2.52. The quantitative estimate of drug-likeness (QED) is 0.823. The molecule has 1 aliphatic heterocycles. The average Bonchev–Trinajstić information content (AvgIpc) is 2.98. The lowest BCUT2D eigenvalue weighted by Crippen LogP contribution is -2.35. The molecule has 0 bridgehead atoms. The summed E-state index contributed by atoms with van der Waals surface area (Å²) < 4.78 is 15.7. The van der Waals surface area contributed by atoms with Crippen LogP contribution in [0.3, 0.4) is 0 Å². The molecule has 0 aromatic carbocycles. The van der Waals surface area contributed by atoms with Gasteiger partial charge in [0.25, 0.3) is 5.89 Å². The van der Waals surface area contributed by atoms with E-state index in [9.17, 15) is 0 Å². The first-order valence-electron chi connectivity index (χ1n) is 6.30. The van der Waals surface area contributed by atoms with Crippen molar-refractivity contribution in [1.82, 2.24) is 20.2 Å². The summed E-state index contributed by atoms with van der Waals surface area (Å²) in [6.45, 7) is 7.68. The molecule has 1 aliphatic rings. The van der Waals surface area contributed by atoms with Crippen molar-refractivity contribution < 1.29 is 13.8 Å². The van der Waals surface area contributed by atoms with Crippen LogP contribution in [0.4, 0.5) is 0 Å². The normalized spacial score (nSPS) is 16.9. The van der Waals surface area contributed by atoms with Gasteiger partial charge in [0.05, 0.1) is 25.5 Å². The minimum atomic E-state index is 0.472. The lowest BCUT2D eigenvalue weighted by atomic mass is 10.2. The van der Waals surface area contributed by atoms with Crippen molar-refractivity contribution in [3.8, 4) is 11.5 Å². The number of morpholine rings is 1. The molecule has 7 heteroatoms. The molecule has 0 radical (unpaired) electrons. The molecule has 0 atom stereocenters. The second kappa shape index (κ2) is 5.10. The Bertz CT molecular complexity index is 538. The highest BCUT2D eigenvalue weighted by molar-refractivity contribution is 5.57. The smallest absolute Gasteiger partial charge is 0.263 e. The van der Waals surface area contributed by atoms with Gasteiger partial charge in [-0.05, 0) is 13.8 Å². The van der Waals surface area contributed by atoms with E-state index in [1.54, 1.807) is 0 Å². The van der Waals surface area contributed by atoms with E-state index in [2.05, 4.69) is 20.2 Å². The maximum absolute atomic E-state index is 5.31. The van der Waals surface area contributed by atoms with Gasteiger partial charge in [-0.25, -0.2) is 0 Å². The zero-order valence-corrected chi connectivity index (χ0v) is 11.0. The van der Waals surface area contributed by atoms with Crippen LogP contribution in [0.25, 0.3) is 11.5 Å². The Balaban J connectivity index is 1.76. The van der Waals surface area contributed by atoms with Gasteiger partial charge < -0.3 is 13.8 Å². The Kier molecular flexibility index (Phi) is 3.31. The molecule has 0 N–H and O–H groups in total. The van der Waals surface area contributed by atoms with E-state index in [1.165, 1.54) is 0 Å². The third-order valence-electron chi connectivity index (χ3n) is 3.18. The van der Waals surface area contributed by atoms with E-state index in [-0.39, 0.29) is 0 Å². The molecule has 1 fully saturated rings. The van der Waals surface area contributed by atoms with Gasteiger partial charge in [-0.3, -0.25) is 4.90 Å². The Hall–Kier alpha value is -1.73. The lowest BCUT2D eigenvalue weighted by molar-refractivity contribution is 0.0327. The van der Waals surface area contributed by atoms with Crippen LogP contribution in [-0.2, 0) is 11.3 Å². The number of aromatic nitrogens is 3. The molecule has 2 aromatic rings. The van der Waals surface area contributed by atoms with E-state index in [4.69, 9.17) is 13.8 Å². The monoisotopic (exact) mass is 264 g/mol. The highest BCUT2D eigenvalue weighted by Gasteiger charge is 2.20. The van der Waals surface area contributed by atoms with Crippen LogP contribution >= 0.6 is 0 Å². The molecule has 7 nitrogen and oxygen atoms in total. The average molecular weight is 264 g/mol. The van der Waals surface area contributed by atoms with Gasteiger partial charge in [0, 0.05) is 13.1 Å². The highest BCUT2D eigenvalue weighted by Crippen LogP contribution is 2.25. The first kappa shape index (κ1) is 12.3. The number of hydrogen-bond acceptors (Lipinski definition) is 7. The Morgan fingerprint density at radius 3 is 2.58 bits per heavy atom. The molecule has 1 saturated heterocycles. The number of ether oxygens (including phenoxy) is 1. The molecule has 102 valence electrons. The van der Waals surface area contributed by atoms with Crippen LogP contribution in [0.5, 0.6) is 0 Å². The Morgan fingerprint density at radius 1 is 1.11 bits per heavy atom. The number of nitrogens with zero attached hydrogens (tertiary/aromatic N) is 4. The maximum Gasteiger partial charge on any atom is 0.263 e. The second-order valence-corrected chi connectivity index (χ2v) is 4.60. The summed E-state index contributed by atoms with van der Waals surface area (Å²) in [4.78, 5) is 6.65. The van der Waals surface area contributed by atoms with Gasteiger partial charge in [-0.2, -0.15) is 4.98 Å². The largest absolute Gasteiger partial charge is 0.379 e. The molecule has 2 aromatic heterocycles. The first-order valence-corrected chi connectivity index (χ1v) is 6.30. The van der Waals surface area contributed by atoms with Gasteiger partial charge in [0.2, 0.25) is 0 Å². The van der Waals surface area contributed by atoms with Gasteiger partial charge in [-0.15, -0.1) is 0 Å². The molecule has 0 amide bonds. The van der Waals surface area contributed by atoms with Crippen molar-refractivity contribution in [3.05, 3.63) is 17.3 Å². The van der Waals surface area contributed by atoms with Crippen LogP contribution in [0.2, 0.25) is 0 Å². The van der Waals surface area contributed by atoms with Crippen molar-refractivity contribution in [2.75, 3.05) is 26.3 Å². The van der Waals surface area contributed by atoms with E-state index in [1.807, 2.05) is 13.8 Å². The zero-order chi connectivity index (χ0) is 13.2. The molecule has 3 heterocycles. The molecule has 19 heavy (non-hydrogen) atoms. The SMILES string of the molecule is Cc1noc(C)c1-c1nc(CN2CCOCC2)no1.